The van der Waals surface area contributed by atoms with E-state index in [1.54, 1.807) is 19.7 Å². The average molecular weight is 373 g/mol. The molecule has 0 aliphatic rings. The van der Waals surface area contributed by atoms with Gasteiger partial charge in [-0.15, -0.1) is 0 Å². The van der Waals surface area contributed by atoms with Crippen molar-refractivity contribution in [2.75, 3.05) is 33.5 Å². The summed E-state index contributed by atoms with van der Waals surface area (Å²) in [6.07, 6.45) is 0.140. The molecular formula is C16H23N2O6P. The molecule has 0 fully saturated rings. The highest BCUT2D eigenvalue weighted by Gasteiger charge is 2.22. The fraction of sp³-hybridized carbons (Fsp3) is 0.562. The lowest BCUT2D eigenvalue weighted by atomic mass is 10.1. The number of methoxy groups -OCH3 is 1. The molecule has 1 aromatic rings. The maximum absolute atomic E-state index is 11.3. The predicted molar refractivity (Wildman–Crippen MR) is 93.6 cm³/mol. The Bertz CT molecular complexity index is 644. The molecule has 0 saturated carbocycles. The molecule has 0 radical (unpaired) electrons. The van der Waals surface area contributed by atoms with Crippen LogP contribution in [0.3, 0.4) is 0 Å². The van der Waals surface area contributed by atoms with Gasteiger partial charge in [-0.2, -0.15) is 5.26 Å². The van der Waals surface area contributed by atoms with Crippen LogP contribution in [0, 0.1) is 21.4 Å². The highest BCUT2D eigenvalue weighted by molar-refractivity contribution is 7.46. The highest BCUT2D eigenvalue weighted by Crippen LogP contribution is 2.42. The van der Waals surface area contributed by atoms with Crippen molar-refractivity contribution in [2.24, 2.45) is 0 Å². The molecule has 3 atom stereocenters. The topological polar surface area (TPSA) is 104 Å². The van der Waals surface area contributed by atoms with Gasteiger partial charge in [-0.05, 0) is 19.1 Å². The molecule has 1 rings (SSSR count). The SMILES string of the molecule is [2H]C([3H])OCCCOc1ccc([N+](=O)[O-])c(C(C)OP(C)OCCC#N)c1. The largest absolute Gasteiger partial charge is 0.493 e. The van der Waals surface area contributed by atoms with Crippen molar-refractivity contribution in [3.05, 3.63) is 33.9 Å². The van der Waals surface area contributed by atoms with Crippen molar-refractivity contribution in [1.82, 2.24) is 0 Å². The second-order valence-electron chi connectivity index (χ2n) is 4.98. The van der Waals surface area contributed by atoms with E-state index in [1.807, 2.05) is 6.07 Å². The molecule has 0 bridgehead atoms. The Kier molecular flexibility index (Phi) is 8.45. The minimum Gasteiger partial charge on any atom is -0.493 e. The molecule has 0 amide bonds. The fourth-order valence-corrected chi connectivity index (χ4v) is 2.94. The molecule has 8 nitrogen and oxygen atoms in total. The van der Waals surface area contributed by atoms with Gasteiger partial charge in [0.2, 0.25) is 0 Å². The van der Waals surface area contributed by atoms with E-state index in [-0.39, 0.29) is 31.9 Å². The molecule has 0 aliphatic carbocycles. The first-order valence-electron chi connectivity index (χ1n) is 8.78. The Morgan fingerprint density at radius 1 is 1.52 bits per heavy atom. The maximum Gasteiger partial charge on any atom is 0.275 e. The van der Waals surface area contributed by atoms with Gasteiger partial charge in [-0.25, -0.2) is 0 Å². The van der Waals surface area contributed by atoms with Crippen LogP contribution in [0.4, 0.5) is 5.69 Å². The standard InChI is InChI=1S/C16H23N2O6P/c1-13(24-25(3)23-11-4-8-17)15-12-14(22-10-5-9-21-2)6-7-16(15)18(19)20/h6-7,12-13H,4-5,9-11H2,1-3H3/i2TD. The van der Waals surface area contributed by atoms with Crippen molar-refractivity contribution in [3.63, 3.8) is 0 Å². The third-order valence-corrected chi connectivity index (χ3v) is 4.26. The lowest BCUT2D eigenvalue weighted by Gasteiger charge is -2.19. The van der Waals surface area contributed by atoms with E-state index >= 15 is 0 Å². The van der Waals surface area contributed by atoms with Gasteiger partial charge >= 0.3 is 0 Å². The van der Waals surface area contributed by atoms with Gasteiger partial charge in [0.15, 0.2) is 8.38 Å². The van der Waals surface area contributed by atoms with E-state index in [4.69, 9.17) is 26.5 Å². The van der Waals surface area contributed by atoms with E-state index < -0.39 is 26.5 Å². The van der Waals surface area contributed by atoms with E-state index in [9.17, 15) is 10.1 Å². The summed E-state index contributed by atoms with van der Waals surface area (Å²) in [7, 11) is -2.61. The number of ether oxygens (including phenoxy) is 2. The van der Waals surface area contributed by atoms with Crippen LogP contribution in [0.15, 0.2) is 18.2 Å². The van der Waals surface area contributed by atoms with Crippen LogP contribution in [0.2, 0.25) is 0 Å². The highest BCUT2D eigenvalue weighted by atomic mass is 31.2. The van der Waals surface area contributed by atoms with Gasteiger partial charge in [-0.1, -0.05) is 0 Å². The summed E-state index contributed by atoms with van der Waals surface area (Å²) in [5.41, 5.74) is 0.286. The lowest BCUT2D eigenvalue weighted by molar-refractivity contribution is -0.386. The molecule has 0 aliphatic heterocycles. The van der Waals surface area contributed by atoms with Crippen LogP contribution in [0.25, 0.3) is 0 Å². The van der Waals surface area contributed by atoms with Crippen molar-refractivity contribution in [1.29, 1.82) is 5.26 Å². The third kappa shape index (κ3) is 7.76. The van der Waals surface area contributed by atoms with Gasteiger partial charge < -0.3 is 18.5 Å². The first kappa shape index (κ1) is 18.0. The van der Waals surface area contributed by atoms with Crippen LogP contribution in [-0.2, 0) is 13.8 Å². The predicted octanol–water partition coefficient (Wildman–Crippen LogP) is 3.96. The minimum absolute atomic E-state index is 0.0788. The molecule has 9 heteroatoms. The molecular weight excluding hydrogens is 347 g/mol. The summed E-state index contributed by atoms with van der Waals surface area (Å²) in [6, 6.07) is 6.39. The Morgan fingerprint density at radius 2 is 2.32 bits per heavy atom. The summed E-state index contributed by atoms with van der Waals surface area (Å²) in [5.74, 6) is 0.449. The number of hydrogen-bond donors (Lipinski definition) is 0. The molecule has 138 valence electrons. The molecule has 0 heterocycles. The molecule has 0 N–H and O–H groups in total. The minimum atomic E-state index is -1.33. The van der Waals surface area contributed by atoms with E-state index in [0.29, 0.717) is 17.7 Å². The summed E-state index contributed by atoms with van der Waals surface area (Å²) < 4.78 is 35.3. The van der Waals surface area contributed by atoms with Crippen LogP contribution in [-0.4, -0.2) is 38.5 Å². The Labute approximate surface area is 151 Å². The zero-order valence-electron chi connectivity index (χ0n) is 16.2. The van der Waals surface area contributed by atoms with Gasteiger partial charge in [0.25, 0.3) is 5.69 Å². The van der Waals surface area contributed by atoms with E-state index in [2.05, 4.69) is 0 Å². The Balaban J connectivity index is 2.71. The number of nitro groups is 1. The number of nitro benzene ring substituents is 1. The quantitative estimate of drug-likeness (QED) is 0.236. The summed E-state index contributed by atoms with van der Waals surface area (Å²) in [4.78, 5) is 10.8. The monoisotopic (exact) mass is 373 g/mol. The first-order chi connectivity index (χ1) is 12.8. The number of benzene rings is 1. The zero-order valence-corrected chi connectivity index (χ0v) is 15.1. The number of hydrogen-bond acceptors (Lipinski definition) is 7. The fourth-order valence-electron chi connectivity index (χ4n) is 1.98. The average Bonchev–Trinajstić information content (AvgIpc) is 2.61. The van der Waals surface area contributed by atoms with Gasteiger partial charge in [-0.3, -0.25) is 10.1 Å². The van der Waals surface area contributed by atoms with Crippen LogP contribution in [0.5, 0.6) is 5.75 Å². The molecule has 3 unspecified atom stereocenters. The van der Waals surface area contributed by atoms with Crippen molar-refractivity contribution in [3.8, 4) is 11.8 Å². The van der Waals surface area contributed by atoms with Gasteiger partial charge in [0, 0.05) is 32.8 Å². The number of rotatable bonds is 12. The Hall–Kier alpha value is -1.78. The van der Waals surface area contributed by atoms with Crippen molar-refractivity contribution < 1.29 is 26.2 Å². The van der Waals surface area contributed by atoms with Crippen LogP contribution >= 0.6 is 8.38 Å². The van der Waals surface area contributed by atoms with E-state index in [1.165, 1.54) is 12.1 Å². The summed E-state index contributed by atoms with van der Waals surface area (Å²) in [6.45, 7) is 4.17. The normalized spacial score (nSPS) is 15.4. The van der Waals surface area contributed by atoms with Crippen LogP contribution in [0.1, 0.15) is 34.2 Å². The summed E-state index contributed by atoms with van der Waals surface area (Å²) in [5, 5.41) is 19.8. The second-order valence-corrected chi connectivity index (χ2v) is 6.33. The summed E-state index contributed by atoms with van der Waals surface area (Å²) >= 11 is 0. The first-order valence-corrected chi connectivity index (χ1v) is 9.25. The molecule has 0 spiro atoms. The third-order valence-electron chi connectivity index (χ3n) is 3.10. The maximum atomic E-state index is 11.3. The molecule has 0 saturated heterocycles. The second kappa shape index (κ2) is 11.7. The Morgan fingerprint density at radius 3 is 3.00 bits per heavy atom. The number of nitrogens with zero attached hydrogens (tertiary/aromatic N) is 2. The van der Waals surface area contributed by atoms with Gasteiger partial charge in [0.05, 0.1) is 45.0 Å². The number of nitriles is 1. The van der Waals surface area contributed by atoms with Gasteiger partial charge in [0.1, 0.15) is 5.75 Å². The lowest BCUT2D eigenvalue weighted by Crippen LogP contribution is -2.05. The van der Waals surface area contributed by atoms with Crippen molar-refractivity contribution >= 4 is 14.1 Å². The molecule has 0 aromatic heterocycles. The molecule has 25 heavy (non-hydrogen) atoms. The smallest absolute Gasteiger partial charge is 0.275 e. The van der Waals surface area contributed by atoms with E-state index in [0.717, 1.165) is 0 Å². The van der Waals surface area contributed by atoms with Crippen molar-refractivity contribution in [2.45, 2.75) is 25.9 Å². The molecule has 1 aromatic carbocycles. The van der Waals surface area contributed by atoms with Crippen LogP contribution < -0.4 is 4.74 Å². The zero-order chi connectivity index (χ0) is 20.2.